The number of amides is 1. The van der Waals surface area contributed by atoms with E-state index in [2.05, 4.69) is 29.6 Å². The number of ether oxygens (including phenoxy) is 1. The number of rotatable bonds is 3. The van der Waals surface area contributed by atoms with Crippen molar-refractivity contribution in [2.45, 2.75) is 43.6 Å². The Kier molecular flexibility index (Phi) is 3.66. The number of nitrogens with two attached hydrogens (primary N) is 1. The van der Waals surface area contributed by atoms with Crippen LogP contribution in [0.3, 0.4) is 0 Å². The number of hydrogen-bond donors (Lipinski definition) is 2. The zero-order valence-corrected chi connectivity index (χ0v) is 11.7. The molecule has 1 aromatic rings. The maximum atomic E-state index is 11.3. The van der Waals surface area contributed by atoms with Gasteiger partial charge in [-0.25, -0.2) is 4.79 Å². The first-order chi connectivity index (χ1) is 9.73. The van der Waals surface area contributed by atoms with E-state index in [0.717, 1.165) is 5.56 Å². The predicted molar refractivity (Wildman–Crippen MR) is 77.5 cm³/mol. The molecule has 1 amide bonds. The first-order valence-electron chi connectivity index (χ1n) is 7.51. The third-order valence-electron chi connectivity index (χ3n) is 4.65. The maximum Gasteiger partial charge on any atom is 0.408 e. The van der Waals surface area contributed by atoms with Crippen molar-refractivity contribution in [3.05, 3.63) is 35.4 Å². The first-order valence-corrected chi connectivity index (χ1v) is 7.51. The second-order valence-corrected chi connectivity index (χ2v) is 5.90. The summed E-state index contributed by atoms with van der Waals surface area (Å²) in [6.07, 6.45) is 6.23. The van der Waals surface area contributed by atoms with Gasteiger partial charge in [0.2, 0.25) is 0 Å². The van der Waals surface area contributed by atoms with Gasteiger partial charge in [0.15, 0.2) is 5.60 Å². The molecule has 1 aliphatic heterocycles. The van der Waals surface area contributed by atoms with E-state index >= 15 is 0 Å². The Hall–Kier alpha value is -1.55. The number of nitrogens with one attached hydrogen (secondary N) is 1. The monoisotopic (exact) mass is 274 g/mol. The van der Waals surface area contributed by atoms with E-state index in [1.54, 1.807) is 0 Å². The van der Waals surface area contributed by atoms with Gasteiger partial charge in [0.05, 0.1) is 6.54 Å². The Morgan fingerprint density at radius 1 is 1.20 bits per heavy atom. The van der Waals surface area contributed by atoms with Crippen LogP contribution < -0.4 is 11.1 Å². The molecule has 1 saturated heterocycles. The largest absolute Gasteiger partial charge is 0.435 e. The minimum atomic E-state index is -0.692. The standard InChI is InChI=1S/C16H22N2O2/c17-10-16(11-18-15(19)20-16)14-8-6-13(7-9-14)12-4-2-1-3-5-12/h6-9,12H,1-5,10-11,17H2,(H,18,19). The van der Waals surface area contributed by atoms with Gasteiger partial charge < -0.3 is 15.8 Å². The SMILES string of the molecule is NCC1(c2ccc(C3CCCCC3)cc2)CNC(=O)O1. The lowest BCUT2D eigenvalue weighted by Gasteiger charge is -2.26. The fourth-order valence-corrected chi connectivity index (χ4v) is 3.35. The summed E-state index contributed by atoms with van der Waals surface area (Å²) in [6, 6.07) is 8.48. The summed E-state index contributed by atoms with van der Waals surface area (Å²) in [4.78, 5) is 11.3. The van der Waals surface area contributed by atoms with Gasteiger partial charge in [-0.3, -0.25) is 0 Å². The van der Waals surface area contributed by atoms with Crippen molar-refractivity contribution in [3.8, 4) is 0 Å². The number of benzene rings is 1. The van der Waals surface area contributed by atoms with Gasteiger partial charge in [-0.15, -0.1) is 0 Å². The molecule has 2 fully saturated rings. The van der Waals surface area contributed by atoms with Crippen molar-refractivity contribution >= 4 is 6.09 Å². The fourth-order valence-electron chi connectivity index (χ4n) is 3.35. The highest BCUT2D eigenvalue weighted by atomic mass is 16.6. The molecule has 0 aromatic heterocycles. The quantitative estimate of drug-likeness (QED) is 0.890. The lowest BCUT2D eigenvalue weighted by Crippen LogP contribution is -2.38. The van der Waals surface area contributed by atoms with E-state index in [9.17, 15) is 4.79 Å². The average Bonchev–Trinajstić information content (AvgIpc) is 2.91. The molecule has 1 aromatic carbocycles. The Balaban J connectivity index is 1.80. The van der Waals surface area contributed by atoms with Gasteiger partial charge in [-0.2, -0.15) is 0 Å². The minimum Gasteiger partial charge on any atom is -0.435 e. The van der Waals surface area contributed by atoms with Crippen LogP contribution in [0.1, 0.15) is 49.1 Å². The summed E-state index contributed by atoms with van der Waals surface area (Å²) >= 11 is 0. The second kappa shape index (κ2) is 5.44. The van der Waals surface area contributed by atoms with Crippen LogP contribution in [0.2, 0.25) is 0 Å². The highest BCUT2D eigenvalue weighted by Gasteiger charge is 2.40. The maximum absolute atomic E-state index is 11.3. The van der Waals surface area contributed by atoms with E-state index in [1.165, 1.54) is 37.7 Å². The normalized spacial score (nSPS) is 27.1. The van der Waals surface area contributed by atoms with Crippen LogP contribution >= 0.6 is 0 Å². The number of alkyl carbamates (subject to hydrolysis) is 1. The zero-order valence-electron chi connectivity index (χ0n) is 11.7. The van der Waals surface area contributed by atoms with Gasteiger partial charge >= 0.3 is 6.09 Å². The first kappa shape index (κ1) is 13.4. The molecule has 3 N–H and O–H groups in total. The van der Waals surface area contributed by atoms with Crippen LogP contribution in [0.25, 0.3) is 0 Å². The van der Waals surface area contributed by atoms with Crippen LogP contribution in [-0.2, 0) is 10.3 Å². The second-order valence-electron chi connectivity index (χ2n) is 5.90. The number of carbonyl (C=O) groups excluding carboxylic acids is 1. The lowest BCUT2D eigenvalue weighted by molar-refractivity contribution is 0.0617. The van der Waals surface area contributed by atoms with Crippen LogP contribution in [0.4, 0.5) is 4.79 Å². The third kappa shape index (κ3) is 2.40. The molecule has 3 rings (SSSR count). The third-order valence-corrected chi connectivity index (χ3v) is 4.65. The molecule has 1 aliphatic carbocycles. The van der Waals surface area contributed by atoms with Gasteiger partial charge in [-0.05, 0) is 29.9 Å². The van der Waals surface area contributed by atoms with Gasteiger partial charge in [0.25, 0.3) is 0 Å². The molecule has 1 heterocycles. The summed E-state index contributed by atoms with van der Waals surface area (Å²) in [7, 11) is 0. The van der Waals surface area contributed by atoms with Crippen LogP contribution in [0, 0.1) is 0 Å². The molecule has 4 heteroatoms. The molecule has 108 valence electrons. The highest BCUT2D eigenvalue weighted by Crippen LogP contribution is 2.34. The summed E-state index contributed by atoms with van der Waals surface area (Å²) in [5, 5.41) is 2.70. The molecule has 20 heavy (non-hydrogen) atoms. The highest BCUT2D eigenvalue weighted by molar-refractivity contribution is 5.70. The Labute approximate surface area is 119 Å². The summed E-state index contributed by atoms with van der Waals surface area (Å²) < 4.78 is 5.39. The minimum absolute atomic E-state index is 0.300. The van der Waals surface area contributed by atoms with Crippen molar-refractivity contribution < 1.29 is 9.53 Å². The summed E-state index contributed by atoms with van der Waals surface area (Å²) in [6.45, 7) is 0.750. The molecular weight excluding hydrogens is 252 g/mol. The molecule has 1 saturated carbocycles. The summed E-state index contributed by atoms with van der Waals surface area (Å²) in [5.74, 6) is 0.691. The van der Waals surface area contributed by atoms with Crippen LogP contribution in [0.15, 0.2) is 24.3 Å². The molecule has 2 aliphatic rings. The van der Waals surface area contributed by atoms with Crippen molar-refractivity contribution in [3.63, 3.8) is 0 Å². The molecule has 4 nitrogen and oxygen atoms in total. The smallest absolute Gasteiger partial charge is 0.408 e. The fraction of sp³-hybridized carbons (Fsp3) is 0.562. The molecule has 1 unspecified atom stereocenters. The van der Waals surface area contributed by atoms with Crippen molar-refractivity contribution in [2.24, 2.45) is 5.73 Å². The average molecular weight is 274 g/mol. The molecule has 1 atom stereocenters. The van der Waals surface area contributed by atoms with Crippen LogP contribution in [0.5, 0.6) is 0 Å². The van der Waals surface area contributed by atoms with Gasteiger partial charge in [-0.1, -0.05) is 43.5 Å². The number of hydrogen-bond acceptors (Lipinski definition) is 3. The van der Waals surface area contributed by atoms with E-state index < -0.39 is 5.60 Å². The van der Waals surface area contributed by atoms with E-state index in [1.807, 2.05) is 0 Å². The van der Waals surface area contributed by atoms with Crippen LogP contribution in [-0.4, -0.2) is 19.2 Å². The van der Waals surface area contributed by atoms with E-state index in [0.29, 0.717) is 19.0 Å². The molecule has 0 bridgehead atoms. The Morgan fingerprint density at radius 2 is 1.90 bits per heavy atom. The van der Waals surface area contributed by atoms with Crippen molar-refractivity contribution in [1.29, 1.82) is 0 Å². The summed E-state index contributed by atoms with van der Waals surface area (Å²) in [5.41, 5.74) is 7.52. The van der Waals surface area contributed by atoms with E-state index in [4.69, 9.17) is 10.5 Å². The molecule has 0 radical (unpaired) electrons. The van der Waals surface area contributed by atoms with E-state index in [-0.39, 0.29) is 6.09 Å². The molecular formula is C16H22N2O2. The Morgan fingerprint density at radius 3 is 2.45 bits per heavy atom. The predicted octanol–water partition coefficient (Wildman–Crippen LogP) is 2.63. The van der Waals surface area contributed by atoms with Gasteiger partial charge in [0.1, 0.15) is 0 Å². The Bertz CT molecular complexity index is 480. The van der Waals surface area contributed by atoms with Gasteiger partial charge in [0, 0.05) is 6.54 Å². The number of carbonyl (C=O) groups is 1. The zero-order chi connectivity index (χ0) is 14.0. The van der Waals surface area contributed by atoms with Crippen molar-refractivity contribution in [1.82, 2.24) is 5.32 Å². The number of cyclic esters (lactones) is 1. The lowest BCUT2D eigenvalue weighted by atomic mass is 9.83. The molecule has 0 spiro atoms. The topological polar surface area (TPSA) is 64.3 Å². The van der Waals surface area contributed by atoms with Crippen molar-refractivity contribution in [2.75, 3.05) is 13.1 Å².